The summed E-state index contributed by atoms with van der Waals surface area (Å²) in [5.41, 5.74) is 1.51. The van der Waals surface area contributed by atoms with Crippen molar-refractivity contribution in [3.63, 3.8) is 0 Å². The zero-order valence-corrected chi connectivity index (χ0v) is 12.8. The van der Waals surface area contributed by atoms with Crippen LogP contribution in [-0.4, -0.2) is 36.2 Å². The molecule has 2 heteroatoms. The predicted molar refractivity (Wildman–Crippen MR) is 84.4 cm³/mol. The Labute approximate surface area is 123 Å². The molecule has 0 spiro atoms. The van der Waals surface area contributed by atoms with E-state index in [0.717, 1.165) is 11.8 Å². The second kappa shape index (κ2) is 6.73. The second-order valence-corrected chi connectivity index (χ2v) is 6.72. The zero-order valence-electron chi connectivity index (χ0n) is 12.8. The van der Waals surface area contributed by atoms with Crippen molar-refractivity contribution in [2.75, 3.05) is 26.2 Å². The fourth-order valence-electron chi connectivity index (χ4n) is 3.63. The zero-order chi connectivity index (χ0) is 13.8. The normalized spacial score (nSPS) is 24.1. The molecule has 0 atom stereocenters. The van der Waals surface area contributed by atoms with Gasteiger partial charge in [-0.15, -0.1) is 0 Å². The van der Waals surface area contributed by atoms with Gasteiger partial charge >= 0.3 is 0 Å². The van der Waals surface area contributed by atoms with Crippen LogP contribution in [-0.2, 0) is 6.42 Å². The number of hydrogen-bond acceptors (Lipinski definition) is 2. The molecule has 2 nitrogen and oxygen atoms in total. The summed E-state index contributed by atoms with van der Waals surface area (Å²) >= 11 is 0. The van der Waals surface area contributed by atoms with Crippen molar-refractivity contribution >= 4 is 0 Å². The van der Waals surface area contributed by atoms with Gasteiger partial charge in [0.15, 0.2) is 0 Å². The van der Waals surface area contributed by atoms with Crippen molar-refractivity contribution in [1.82, 2.24) is 10.0 Å². The van der Waals surface area contributed by atoms with Crippen LogP contribution in [0.2, 0.25) is 0 Å². The van der Waals surface area contributed by atoms with Gasteiger partial charge in [0, 0.05) is 26.2 Å². The highest BCUT2D eigenvalue weighted by atomic mass is 15.6. The van der Waals surface area contributed by atoms with E-state index in [0.29, 0.717) is 0 Å². The van der Waals surface area contributed by atoms with E-state index in [9.17, 15) is 0 Å². The number of hydrogen-bond donors (Lipinski definition) is 0. The fourth-order valence-corrected chi connectivity index (χ4v) is 3.63. The van der Waals surface area contributed by atoms with Crippen LogP contribution in [0.1, 0.15) is 38.2 Å². The minimum atomic E-state index is 0.886. The maximum atomic E-state index is 2.63. The van der Waals surface area contributed by atoms with E-state index in [4.69, 9.17) is 0 Å². The minimum Gasteiger partial charge on any atom is -0.242 e. The molecular weight excluding hydrogens is 244 g/mol. The Balaban J connectivity index is 1.45. The van der Waals surface area contributed by atoms with Crippen molar-refractivity contribution in [2.45, 2.75) is 39.0 Å². The van der Waals surface area contributed by atoms with Gasteiger partial charge in [-0.05, 0) is 49.5 Å². The smallest absolute Gasteiger partial charge is 0.0136 e. The molecular formula is C18H28N2. The first-order valence-electron chi connectivity index (χ1n) is 8.35. The molecule has 0 unspecified atom stereocenters. The molecule has 2 saturated heterocycles. The molecule has 2 aliphatic heterocycles. The van der Waals surface area contributed by atoms with Crippen molar-refractivity contribution in [1.29, 1.82) is 0 Å². The average Bonchev–Trinajstić information content (AvgIpc) is 2.50. The van der Waals surface area contributed by atoms with Crippen LogP contribution in [0.15, 0.2) is 30.3 Å². The Morgan fingerprint density at radius 1 is 0.850 bits per heavy atom. The molecule has 2 aliphatic rings. The standard InChI is InChI=1S/C18H28N2/c1-16-7-11-19(12-8-16)20-13-9-18(10-14-20)15-17-5-3-2-4-6-17/h2-6,16,18H,7-15H2,1H3. The van der Waals surface area contributed by atoms with Crippen LogP contribution in [0.4, 0.5) is 0 Å². The number of rotatable bonds is 3. The summed E-state index contributed by atoms with van der Waals surface area (Å²) in [4.78, 5) is 0. The molecule has 0 radical (unpaired) electrons. The molecule has 20 heavy (non-hydrogen) atoms. The summed E-state index contributed by atoms with van der Waals surface area (Å²) in [6.07, 6.45) is 6.75. The van der Waals surface area contributed by atoms with Crippen molar-refractivity contribution in [2.24, 2.45) is 11.8 Å². The van der Waals surface area contributed by atoms with Gasteiger partial charge < -0.3 is 0 Å². The molecule has 1 aromatic rings. The Morgan fingerprint density at radius 3 is 2.00 bits per heavy atom. The Bertz CT molecular complexity index is 387. The van der Waals surface area contributed by atoms with Gasteiger partial charge in [-0.1, -0.05) is 37.3 Å². The first kappa shape index (κ1) is 14.1. The molecule has 110 valence electrons. The lowest BCUT2D eigenvalue weighted by Gasteiger charge is -2.42. The molecule has 0 aliphatic carbocycles. The van der Waals surface area contributed by atoms with Crippen LogP contribution < -0.4 is 0 Å². The van der Waals surface area contributed by atoms with E-state index in [2.05, 4.69) is 47.3 Å². The third-order valence-corrected chi connectivity index (χ3v) is 5.12. The van der Waals surface area contributed by atoms with Crippen molar-refractivity contribution in [3.8, 4) is 0 Å². The van der Waals surface area contributed by atoms with E-state index in [1.165, 1.54) is 63.8 Å². The first-order chi connectivity index (χ1) is 9.81. The highest BCUT2D eigenvalue weighted by Gasteiger charge is 2.25. The highest BCUT2D eigenvalue weighted by molar-refractivity contribution is 5.15. The fraction of sp³-hybridized carbons (Fsp3) is 0.667. The molecule has 0 amide bonds. The van der Waals surface area contributed by atoms with E-state index in [-0.39, 0.29) is 0 Å². The Kier molecular flexibility index (Phi) is 4.74. The maximum Gasteiger partial charge on any atom is 0.0136 e. The van der Waals surface area contributed by atoms with Gasteiger partial charge in [0.1, 0.15) is 0 Å². The van der Waals surface area contributed by atoms with E-state index >= 15 is 0 Å². The third-order valence-electron chi connectivity index (χ3n) is 5.12. The van der Waals surface area contributed by atoms with E-state index in [1.807, 2.05) is 0 Å². The molecule has 0 saturated carbocycles. The van der Waals surface area contributed by atoms with Crippen LogP contribution >= 0.6 is 0 Å². The minimum absolute atomic E-state index is 0.886. The quantitative estimate of drug-likeness (QED) is 0.829. The van der Waals surface area contributed by atoms with Gasteiger partial charge in [-0.2, -0.15) is 0 Å². The Hall–Kier alpha value is -0.860. The number of piperidine rings is 2. The SMILES string of the molecule is CC1CCN(N2CCC(Cc3ccccc3)CC2)CC1. The largest absolute Gasteiger partial charge is 0.242 e. The molecule has 0 bridgehead atoms. The Morgan fingerprint density at radius 2 is 1.40 bits per heavy atom. The van der Waals surface area contributed by atoms with Crippen LogP contribution in [0.3, 0.4) is 0 Å². The molecule has 1 aromatic carbocycles. The summed E-state index contributed by atoms with van der Waals surface area (Å²) in [6, 6.07) is 11.0. The summed E-state index contributed by atoms with van der Waals surface area (Å²) in [5.74, 6) is 1.82. The summed E-state index contributed by atoms with van der Waals surface area (Å²) in [6.45, 7) is 7.50. The monoisotopic (exact) mass is 272 g/mol. The summed E-state index contributed by atoms with van der Waals surface area (Å²) in [7, 11) is 0. The van der Waals surface area contributed by atoms with Crippen molar-refractivity contribution in [3.05, 3.63) is 35.9 Å². The third kappa shape index (κ3) is 3.62. The van der Waals surface area contributed by atoms with Crippen LogP contribution in [0.5, 0.6) is 0 Å². The summed E-state index contributed by atoms with van der Waals surface area (Å²) < 4.78 is 0. The van der Waals surface area contributed by atoms with E-state index < -0.39 is 0 Å². The van der Waals surface area contributed by atoms with Crippen LogP contribution in [0, 0.1) is 11.8 Å². The molecule has 0 N–H and O–H groups in total. The van der Waals surface area contributed by atoms with Crippen molar-refractivity contribution < 1.29 is 0 Å². The van der Waals surface area contributed by atoms with Gasteiger partial charge in [-0.3, -0.25) is 0 Å². The van der Waals surface area contributed by atoms with E-state index in [1.54, 1.807) is 0 Å². The van der Waals surface area contributed by atoms with Gasteiger partial charge in [0.2, 0.25) is 0 Å². The first-order valence-corrected chi connectivity index (χ1v) is 8.35. The lowest BCUT2D eigenvalue weighted by Crippen LogP contribution is -2.50. The predicted octanol–water partition coefficient (Wildman–Crippen LogP) is 3.59. The topological polar surface area (TPSA) is 6.48 Å². The van der Waals surface area contributed by atoms with Crippen LogP contribution in [0.25, 0.3) is 0 Å². The molecule has 0 aromatic heterocycles. The molecule has 3 rings (SSSR count). The van der Waals surface area contributed by atoms with Gasteiger partial charge in [0.25, 0.3) is 0 Å². The molecule has 2 fully saturated rings. The number of nitrogens with zero attached hydrogens (tertiary/aromatic N) is 2. The maximum absolute atomic E-state index is 2.63. The highest BCUT2D eigenvalue weighted by Crippen LogP contribution is 2.25. The summed E-state index contributed by atoms with van der Waals surface area (Å²) in [5, 5.41) is 5.26. The lowest BCUT2D eigenvalue weighted by molar-refractivity contribution is -0.0680. The van der Waals surface area contributed by atoms with Gasteiger partial charge in [-0.25, -0.2) is 10.0 Å². The van der Waals surface area contributed by atoms with Gasteiger partial charge in [0.05, 0.1) is 0 Å². The second-order valence-electron chi connectivity index (χ2n) is 6.72. The molecule has 2 heterocycles. The average molecular weight is 272 g/mol. The number of hydrazine groups is 1. The number of benzene rings is 1. The lowest BCUT2D eigenvalue weighted by atomic mass is 9.90.